The summed E-state index contributed by atoms with van der Waals surface area (Å²) in [5.41, 5.74) is 2.91. The topological polar surface area (TPSA) is 71.0 Å². The fraction of sp³-hybridized carbons (Fsp3) is 0.263. The van der Waals surface area contributed by atoms with E-state index in [1.165, 1.54) is 11.3 Å². The molecule has 1 amide bonds. The number of amides is 1. The van der Waals surface area contributed by atoms with Crippen molar-refractivity contribution in [2.24, 2.45) is 5.92 Å². The van der Waals surface area contributed by atoms with Crippen LogP contribution in [0.15, 0.2) is 42.7 Å². The Morgan fingerprint density at radius 3 is 2.65 bits per heavy atom. The molecule has 0 spiro atoms. The highest BCUT2D eigenvalue weighted by atomic mass is 32.1. The number of aryl methyl sites for hydroxylation is 2. The lowest BCUT2D eigenvalue weighted by atomic mass is 9.99. The Bertz CT molecular complexity index is 915. The van der Waals surface area contributed by atoms with E-state index in [0.29, 0.717) is 18.2 Å². The molecule has 3 aromatic rings. The molecule has 1 saturated heterocycles. The number of hydrogen-bond acceptors (Lipinski definition) is 6. The summed E-state index contributed by atoms with van der Waals surface area (Å²) < 4.78 is 0. The number of rotatable bonds is 4. The van der Waals surface area contributed by atoms with Gasteiger partial charge in [0.1, 0.15) is 12.1 Å². The first kappa shape index (κ1) is 16.7. The minimum Gasteiger partial charge on any atom is -0.355 e. The molecule has 1 fully saturated rings. The van der Waals surface area contributed by atoms with Crippen LogP contribution >= 0.6 is 11.3 Å². The first-order chi connectivity index (χ1) is 12.6. The summed E-state index contributed by atoms with van der Waals surface area (Å²) >= 11 is 1.51. The zero-order valence-corrected chi connectivity index (χ0v) is 15.5. The second-order valence-electron chi connectivity index (χ2n) is 6.38. The SMILES string of the molecule is Cc1nc(NC(=O)C2CN(c3cc(-c4ccccc4)ncn3)C2)sc1C. The Morgan fingerprint density at radius 1 is 1.19 bits per heavy atom. The van der Waals surface area contributed by atoms with Crippen molar-refractivity contribution in [2.75, 3.05) is 23.3 Å². The second kappa shape index (κ2) is 6.84. The van der Waals surface area contributed by atoms with Crippen LogP contribution in [0.3, 0.4) is 0 Å². The predicted octanol–water partition coefficient (Wildman–Crippen LogP) is 3.29. The van der Waals surface area contributed by atoms with E-state index in [4.69, 9.17) is 0 Å². The average Bonchev–Trinajstić information content (AvgIpc) is 2.92. The van der Waals surface area contributed by atoms with Crippen molar-refractivity contribution in [3.8, 4) is 11.3 Å². The number of thiazole rings is 1. The third-order valence-electron chi connectivity index (χ3n) is 4.56. The summed E-state index contributed by atoms with van der Waals surface area (Å²) in [5.74, 6) is 0.825. The summed E-state index contributed by atoms with van der Waals surface area (Å²) in [4.78, 5) is 28.7. The molecule has 0 bridgehead atoms. The Kier molecular flexibility index (Phi) is 4.38. The Labute approximate surface area is 155 Å². The van der Waals surface area contributed by atoms with Gasteiger partial charge in [0.15, 0.2) is 5.13 Å². The molecular weight excluding hydrogens is 346 g/mol. The number of benzene rings is 1. The molecule has 0 unspecified atom stereocenters. The van der Waals surface area contributed by atoms with Crippen LogP contribution in [-0.4, -0.2) is 33.9 Å². The minimum absolute atomic E-state index is 0.0207. The lowest BCUT2D eigenvalue weighted by Crippen LogP contribution is -2.52. The van der Waals surface area contributed by atoms with Gasteiger partial charge in [0.2, 0.25) is 5.91 Å². The lowest BCUT2D eigenvalue weighted by Gasteiger charge is -2.38. The number of aromatic nitrogens is 3. The number of nitrogens with zero attached hydrogens (tertiary/aromatic N) is 4. The van der Waals surface area contributed by atoms with Crippen LogP contribution in [0.1, 0.15) is 10.6 Å². The highest BCUT2D eigenvalue weighted by Crippen LogP contribution is 2.28. The summed E-state index contributed by atoms with van der Waals surface area (Å²) in [6.45, 7) is 5.26. The molecule has 0 radical (unpaired) electrons. The standard InChI is InChI=1S/C19H19N5OS/c1-12-13(2)26-19(22-12)23-18(25)15-9-24(10-15)17-8-16(20-11-21-17)14-6-4-3-5-7-14/h3-8,11,15H,9-10H2,1-2H3,(H,22,23,25). The van der Waals surface area contributed by atoms with Crippen molar-refractivity contribution in [2.45, 2.75) is 13.8 Å². The van der Waals surface area contributed by atoms with Crippen molar-refractivity contribution in [3.63, 3.8) is 0 Å². The van der Waals surface area contributed by atoms with Crippen LogP contribution in [-0.2, 0) is 4.79 Å². The van der Waals surface area contributed by atoms with Gasteiger partial charge < -0.3 is 10.2 Å². The van der Waals surface area contributed by atoms with Crippen molar-refractivity contribution in [1.29, 1.82) is 0 Å². The van der Waals surface area contributed by atoms with Crippen LogP contribution in [0.4, 0.5) is 10.9 Å². The van der Waals surface area contributed by atoms with Gasteiger partial charge in [-0.15, -0.1) is 11.3 Å². The molecule has 0 saturated carbocycles. The van der Waals surface area contributed by atoms with Crippen molar-refractivity contribution >= 4 is 28.2 Å². The number of carbonyl (C=O) groups is 1. The van der Waals surface area contributed by atoms with Crippen molar-refractivity contribution in [1.82, 2.24) is 15.0 Å². The second-order valence-corrected chi connectivity index (χ2v) is 7.58. The maximum Gasteiger partial charge on any atom is 0.232 e. The minimum atomic E-state index is -0.0466. The quantitative estimate of drug-likeness (QED) is 0.768. The van der Waals surface area contributed by atoms with E-state index < -0.39 is 0 Å². The zero-order chi connectivity index (χ0) is 18.1. The fourth-order valence-corrected chi connectivity index (χ4v) is 3.67. The summed E-state index contributed by atoms with van der Waals surface area (Å²) in [6.07, 6.45) is 1.58. The number of carbonyl (C=O) groups excluding carboxylic acids is 1. The first-order valence-corrected chi connectivity index (χ1v) is 9.29. The molecule has 1 aliphatic heterocycles. The van der Waals surface area contributed by atoms with Gasteiger partial charge >= 0.3 is 0 Å². The van der Waals surface area contributed by atoms with E-state index in [2.05, 4.69) is 25.2 Å². The van der Waals surface area contributed by atoms with E-state index in [9.17, 15) is 4.79 Å². The maximum absolute atomic E-state index is 12.4. The fourth-order valence-electron chi connectivity index (χ4n) is 2.85. The summed E-state index contributed by atoms with van der Waals surface area (Å²) in [5, 5.41) is 3.60. The maximum atomic E-state index is 12.4. The highest BCUT2D eigenvalue weighted by Gasteiger charge is 2.34. The summed E-state index contributed by atoms with van der Waals surface area (Å²) in [6, 6.07) is 12.0. The molecule has 1 N–H and O–H groups in total. The van der Waals surface area contributed by atoms with E-state index in [1.54, 1.807) is 6.33 Å². The van der Waals surface area contributed by atoms with E-state index in [-0.39, 0.29) is 11.8 Å². The average molecular weight is 365 g/mol. The molecule has 6 nitrogen and oxygen atoms in total. The molecule has 3 heterocycles. The van der Waals surface area contributed by atoms with E-state index in [0.717, 1.165) is 27.6 Å². The van der Waals surface area contributed by atoms with Gasteiger partial charge in [-0.05, 0) is 13.8 Å². The van der Waals surface area contributed by atoms with Crippen LogP contribution in [0.25, 0.3) is 11.3 Å². The van der Waals surface area contributed by atoms with Gasteiger partial charge in [0, 0.05) is 29.6 Å². The van der Waals surface area contributed by atoms with Gasteiger partial charge in [0.25, 0.3) is 0 Å². The van der Waals surface area contributed by atoms with Gasteiger partial charge in [0.05, 0.1) is 17.3 Å². The van der Waals surface area contributed by atoms with E-state index in [1.807, 2.05) is 50.2 Å². The molecule has 1 aromatic carbocycles. The Hall–Kier alpha value is -2.80. The molecule has 132 valence electrons. The predicted molar refractivity (Wildman–Crippen MR) is 103 cm³/mol. The van der Waals surface area contributed by atoms with Crippen LogP contribution in [0.5, 0.6) is 0 Å². The van der Waals surface area contributed by atoms with E-state index >= 15 is 0 Å². The number of anilines is 2. The van der Waals surface area contributed by atoms with Crippen LogP contribution < -0.4 is 10.2 Å². The van der Waals surface area contributed by atoms with Crippen molar-refractivity contribution in [3.05, 3.63) is 53.3 Å². The smallest absolute Gasteiger partial charge is 0.232 e. The third kappa shape index (κ3) is 3.30. The molecule has 2 aromatic heterocycles. The Balaban J connectivity index is 1.39. The first-order valence-electron chi connectivity index (χ1n) is 8.47. The molecule has 4 rings (SSSR count). The molecule has 0 aliphatic carbocycles. The number of nitrogens with one attached hydrogen (secondary N) is 1. The largest absolute Gasteiger partial charge is 0.355 e. The zero-order valence-electron chi connectivity index (χ0n) is 14.6. The van der Waals surface area contributed by atoms with Gasteiger partial charge in [-0.25, -0.2) is 15.0 Å². The van der Waals surface area contributed by atoms with Crippen LogP contribution in [0.2, 0.25) is 0 Å². The lowest BCUT2D eigenvalue weighted by molar-refractivity contribution is -0.120. The number of hydrogen-bond donors (Lipinski definition) is 1. The van der Waals surface area contributed by atoms with Gasteiger partial charge in [-0.1, -0.05) is 30.3 Å². The van der Waals surface area contributed by atoms with Crippen molar-refractivity contribution < 1.29 is 4.79 Å². The molecule has 7 heteroatoms. The molecule has 26 heavy (non-hydrogen) atoms. The normalized spacial score (nSPS) is 14.2. The van der Waals surface area contributed by atoms with Gasteiger partial charge in [-0.3, -0.25) is 4.79 Å². The third-order valence-corrected chi connectivity index (χ3v) is 5.55. The highest BCUT2D eigenvalue weighted by molar-refractivity contribution is 7.15. The molecule has 1 aliphatic rings. The monoisotopic (exact) mass is 365 g/mol. The molecule has 0 atom stereocenters. The van der Waals surface area contributed by atoms with Crippen LogP contribution in [0, 0.1) is 19.8 Å². The Morgan fingerprint density at radius 2 is 1.96 bits per heavy atom. The van der Waals surface area contributed by atoms with Gasteiger partial charge in [-0.2, -0.15) is 0 Å². The molecular formula is C19H19N5OS. The summed E-state index contributed by atoms with van der Waals surface area (Å²) in [7, 11) is 0.